The molecule has 0 amide bonds. The van der Waals surface area contributed by atoms with Crippen LogP contribution in [0.1, 0.15) is 100 Å². The van der Waals surface area contributed by atoms with Gasteiger partial charge in [0.15, 0.2) is 0 Å². The normalized spacial score (nSPS) is 54.1. The molecule has 1 heterocycles. The van der Waals surface area contributed by atoms with Crippen LogP contribution >= 0.6 is 0 Å². The zero-order chi connectivity index (χ0) is 27.0. The summed E-state index contributed by atoms with van der Waals surface area (Å²) in [4.78, 5) is 0. The number of halogens is 4. The molecule has 4 fully saturated rings. The molecule has 0 aromatic carbocycles. The summed E-state index contributed by atoms with van der Waals surface area (Å²) in [6.07, 6.45) is 3.12. The van der Waals surface area contributed by atoms with Crippen molar-refractivity contribution < 1.29 is 39.5 Å². The van der Waals surface area contributed by atoms with Gasteiger partial charge >= 0.3 is 228 Å². The summed E-state index contributed by atoms with van der Waals surface area (Å²) in [5.74, 6) is 0.586. The fourth-order valence-corrected chi connectivity index (χ4v) is 15.4. The molecule has 36 heavy (non-hydrogen) atoms. The fraction of sp³-hybridized carbons (Fsp3) is 0.933. The van der Waals surface area contributed by atoms with Crippen LogP contribution in [-0.2, 0) is 0 Å². The predicted octanol–water partition coefficient (Wildman–Crippen LogP) is 4.10. The molecule has 2 nitrogen and oxygen atoms in total. The Bertz CT molecular complexity index is 976. The van der Waals surface area contributed by atoms with E-state index in [0.717, 1.165) is 37.7 Å². The Hall–Kier alpha value is 0.180. The summed E-state index contributed by atoms with van der Waals surface area (Å²) in [5.41, 5.74) is 6.29. The maximum atomic E-state index is 15.2. The second kappa shape index (κ2) is 7.67. The van der Waals surface area contributed by atoms with Crippen LogP contribution in [0.15, 0.2) is 11.6 Å². The first kappa shape index (κ1) is 27.7. The van der Waals surface area contributed by atoms with E-state index in [2.05, 4.69) is 54.5 Å². The van der Waals surface area contributed by atoms with Gasteiger partial charge in [0, 0.05) is 0 Å². The van der Waals surface area contributed by atoms with E-state index in [1.165, 1.54) is 0 Å². The molecule has 1 aliphatic heterocycles. The van der Waals surface area contributed by atoms with E-state index in [0.29, 0.717) is 22.7 Å². The summed E-state index contributed by atoms with van der Waals surface area (Å²) < 4.78 is 44.4. The zero-order valence-corrected chi connectivity index (χ0v) is 25.7. The molecular weight excluding hydrogens is 574 g/mol. The molecule has 0 spiro atoms. The van der Waals surface area contributed by atoms with Crippen molar-refractivity contribution in [1.82, 2.24) is 0 Å². The van der Waals surface area contributed by atoms with Crippen molar-refractivity contribution in [3.05, 3.63) is 11.6 Å². The molecule has 0 bridgehead atoms. The van der Waals surface area contributed by atoms with Crippen LogP contribution in [0.3, 0.4) is 0 Å². The Morgan fingerprint density at radius 1 is 0.944 bits per heavy atom. The van der Waals surface area contributed by atoms with Gasteiger partial charge in [0.25, 0.3) is 0 Å². The van der Waals surface area contributed by atoms with E-state index >= 15 is 13.2 Å². The van der Waals surface area contributed by atoms with Crippen molar-refractivity contribution in [2.45, 2.75) is 122 Å². The zero-order valence-electron chi connectivity index (χ0n) is 23.6. The fourth-order valence-electron chi connectivity index (χ4n) is 10.6. The monoisotopic (exact) mass is 622 g/mol. The second-order valence-electron chi connectivity index (χ2n) is 15.3. The molecule has 5 aliphatic rings. The van der Waals surface area contributed by atoms with Crippen molar-refractivity contribution >= 4 is 0 Å². The van der Waals surface area contributed by atoms with Gasteiger partial charge in [0.05, 0.1) is 0 Å². The summed E-state index contributed by atoms with van der Waals surface area (Å²) >= 11 is -1.14. The van der Waals surface area contributed by atoms with E-state index in [9.17, 15) is 5.11 Å². The van der Waals surface area contributed by atoms with Crippen molar-refractivity contribution in [3.8, 4) is 0 Å². The molecule has 5 rings (SSSR count). The molecule has 3 saturated carbocycles. The Morgan fingerprint density at radius 3 is 2.19 bits per heavy atom. The van der Waals surface area contributed by atoms with Crippen molar-refractivity contribution in [3.63, 3.8) is 0 Å². The van der Waals surface area contributed by atoms with Gasteiger partial charge in [0.1, 0.15) is 0 Å². The molecule has 9 atom stereocenters. The van der Waals surface area contributed by atoms with Crippen LogP contribution in [0.4, 0.5) is 13.2 Å². The quantitative estimate of drug-likeness (QED) is 0.243. The molecule has 0 radical (unpaired) electrons. The van der Waals surface area contributed by atoms with Gasteiger partial charge in [-0.25, -0.2) is 0 Å². The van der Waals surface area contributed by atoms with E-state index in [-0.39, 0.29) is 45.5 Å². The SMILES string of the molecule is CC1C(C)(C)C[I-][C@]2(C(F)(F)F)CC[C@]3(C)C(=CCC4[C@@]5(C)CC[C@H](O)C(C)(C)[C@@H]5CC[C@]43C)[C@]12N. The van der Waals surface area contributed by atoms with Gasteiger partial charge in [-0.05, 0) is 0 Å². The van der Waals surface area contributed by atoms with Gasteiger partial charge in [-0.2, -0.15) is 0 Å². The van der Waals surface area contributed by atoms with E-state index in [1.54, 1.807) is 0 Å². The van der Waals surface area contributed by atoms with Crippen LogP contribution in [0.5, 0.6) is 0 Å². The first-order valence-electron chi connectivity index (χ1n) is 14.1. The standard InChI is InChI=1S/C30H48F3INO/c1-18-23(2,3)17-34-28(30(31,32)33)16-15-27(8)21(29(18,28)35)10-9-20-25(6)13-12-22(36)24(4,5)19(25)11-14-26(20,27)7/h10,18-20,22,36H,9,11-17,35H2,1-8H3/q-1/t18?,19-,20?,22-,25-,26+,27+,28+,29+/m0/s1. The molecule has 4 aliphatic carbocycles. The predicted molar refractivity (Wildman–Crippen MR) is 135 cm³/mol. The van der Waals surface area contributed by atoms with Gasteiger partial charge < -0.3 is 0 Å². The molecule has 3 N–H and O–H groups in total. The minimum absolute atomic E-state index is 0.0749. The Labute approximate surface area is 227 Å². The molecule has 0 aromatic heterocycles. The molecule has 2 unspecified atom stereocenters. The number of aliphatic hydroxyl groups is 1. The Kier molecular flexibility index (Phi) is 5.91. The third-order valence-electron chi connectivity index (χ3n) is 13.5. The third kappa shape index (κ3) is 2.99. The first-order chi connectivity index (χ1) is 16.3. The molecule has 0 aromatic rings. The Morgan fingerprint density at radius 2 is 1.58 bits per heavy atom. The van der Waals surface area contributed by atoms with E-state index in [1.807, 2.05) is 6.92 Å². The number of fused-ring (bicyclic) bond motifs is 7. The number of hydrogen-bond donors (Lipinski definition) is 2. The van der Waals surface area contributed by atoms with Crippen LogP contribution in [0.2, 0.25) is 0 Å². The van der Waals surface area contributed by atoms with Crippen molar-refractivity contribution in [2.24, 2.45) is 50.6 Å². The Balaban J connectivity index is 1.68. The van der Waals surface area contributed by atoms with Crippen molar-refractivity contribution in [2.75, 3.05) is 4.43 Å². The summed E-state index contributed by atoms with van der Waals surface area (Å²) in [7, 11) is 0. The average Bonchev–Trinajstić information content (AvgIpc) is 2.75. The topological polar surface area (TPSA) is 46.2 Å². The maximum absolute atomic E-state index is 15.2. The number of aliphatic hydroxyl groups excluding tert-OH is 1. The number of allylic oxidation sites excluding steroid dienone is 1. The molecule has 208 valence electrons. The van der Waals surface area contributed by atoms with Crippen LogP contribution < -0.4 is 26.9 Å². The number of nitrogens with two attached hydrogens (primary N) is 1. The first-order valence-corrected chi connectivity index (χ1v) is 16.7. The summed E-state index contributed by atoms with van der Waals surface area (Å²) in [6, 6.07) is 0. The van der Waals surface area contributed by atoms with Crippen LogP contribution in [0.25, 0.3) is 0 Å². The van der Waals surface area contributed by atoms with E-state index < -0.39 is 36.3 Å². The average molecular weight is 623 g/mol. The second-order valence-corrected chi connectivity index (χ2v) is 18.6. The van der Waals surface area contributed by atoms with Gasteiger partial charge in [-0.3, -0.25) is 0 Å². The number of hydrogen-bond acceptors (Lipinski definition) is 2. The number of rotatable bonds is 0. The van der Waals surface area contributed by atoms with Gasteiger partial charge in [-0.1, -0.05) is 0 Å². The van der Waals surface area contributed by atoms with E-state index in [4.69, 9.17) is 5.73 Å². The summed E-state index contributed by atoms with van der Waals surface area (Å²) in [5, 5.41) is 10.9. The van der Waals surface area contributed by atoms with Gasteiger partial charge in [0.2, 0.25) is 0 Å². The molecular formula is C30H48F3INO-. The summed E-state index contributed by atoms with van der Waals surface area (Å²) in [6.45, 7) is 17.9. The van der Waals surface area contributed by atoms with Gasteiger partial charge in [-0.15, -0.1) is 0 Å². The van der Waals surface area contributed by atoms with Crippen molar-refractivity contribution in [1.29, 1.82) is 0 Å². The molecule has 6 heteroatoms. The number of alkyl halides is 5. The van der Waals surface area contributed by atoms with Crippen LogP contribution in [-0.4, -0.2) is 30.8 Å². The van der Waals surface area contributed by atoms with Crippen LogP contribution in [0, 0.1) is 44.8 Å². The third-order valence-corrected chi connectivity index (χ3v) is 19.1. The minimum atomic E-state index is -4.27. The molecule has 1 saturated heterocycles.